The van der Waals surface area contributed by atoms with Crippen LogP contribution in [-0.4, -0.2) is 29.4 Å². The topological polar surface area (TPSA) is 86.7 Å². The van der Waals surface area contributed by atoms with E-state index in [-0.39, 0.29) is 23.8 Å². The Labute approximate surface area is 151 Å². The lowest BCUT2D eigenvalue weighted by Crippen LogP contribution is -2.29. The summed E-state index contributed by atoms with van der Waals surface area (Å²) in [7, 11) is 0. The first-order valence-corrected chi connectivity index (χ1v) is 8.37. The lowest BCUT2D eigenvalue weighted by molar-refractivity contribution is -0.122. The van der Waals surface area contributed by atoms with E-state index < -0.39 is 11.9 Å². The fourth-order valence-electron chi connectivity index (χ4n) is 3.27. The van der Waals surface area contributed by atoms with Gasteiger partial charge >= 0.3 is 5.97 Å². The van der Waals surface area contributed by atoms with Crippen molar-refractivity contribution in [1.82, 2.24) is 0 Å². The molecule has 1 fully saturated rings. The molecule has 0 aromatic heterocycles. The van der Waals surface area contributed by atoms with Crippen LogP contribution in [0.3, 0.4) is 0 Å². The number of aryl methyl sites for hydroxylation is 2. The molecule has 1 heterocycles. The monoisotopic (exact) mass is 352 g/mol. The molecule has 0 aliphatic carbocycles. The second-order valence-corrected chi connectivity index (χ2v) is 6.52. The molecular weight excluding hydrogens is 332 g/mol. The van der Waals surface area contributed by atoms with Crippen LogP contribution in [0.5, 0.6) is 0 Å². The Morgan fingerprint density at radius 1 is 1.08 bits per heavy atom. The Bertz CT molecular complexity index is 854. The first-order valence-electron chi connectivity index (χ1n) is 8.37. The van der Waals surface area contributed by atoms with Crippen LogP contribution >= 0.6 is 0 Å². The van der Waals surface area contributed by atoms with Gasteiger partial charge in [0.15, 0.2) is 0 Å². The highest BCUT2D eigenvalue weighted by Crippen LogP contribution is 2.31. The lowest BCUT2D eigenvalue weighted by Gasteiger charge is -2.21. The first kappa shape index (κ1) is 17.7. The summed E-state index contributed by atoms with van der Waals surface area (Å²) >= 11 is 0. The van der Waals surface area contributed by atoms with E-state index in [2.05, 4.69) is 5.32 Å². The van der Waals surface area contributed by atoms with Gasteiger partial charge in [0.2, 0.25) is 11.8 Å². The first-order chi connectivity index (χ1) is 12.4. The number of nitrogens with zero attached hydrogens (tertiary/aromatic N) is 1. The van der Waals surface area contributed by atoms with Crippen LogP contribution in [0.25, 0.3) is 0 Å². The summed E-state index contributed by atoms with van der Waals surface area (Å²) in [6.07, 6.45) is 0.160. The normalized spacial score (nSPS) is 16.6. The summed E-state index contributed by atoms with van der Waals surface area (Å²) in [4.78, 5) is 37.5. The zero-order valence-electron chi connectivity index (χ0n) is 14.7. The maximum absolute atomic E-state index is 12.5. The van der Waals surface area contributed by atoms with Crippen molar-refractivity contribution in [3.8, 4) is 0 Å². The van der Waals surface area contributed by atoms with Crippen LogP contribution in [-0.2, 0) is 9.59 Å². The van der Waals surface area contributed by atoms with Crippen molar-refractivity contribution in [3.63, 3.8) is 0 Å². The molecule has 6 heteroatoms. The predicted octanol–water partition coefficient (Wildman–Crippen LogP) is 2.99. The largest absolute Gasteiger partial charge is 0.478 e. The molecule has 1 atom stereocenters. The Morgan fingerprint density at radius 3 is 2.27 bits per heavy atom. The molecule has 134 valence electrons. The molecule has 2 aromatic carbocycles. The molecule has 0 radical (unpaired) electrons. The molecule has 6 nitrogen and oxygen atoms in total. The van der Waals surface area contributed by atoms with Gasteiger partial charge in [0.1, 0.15) is 0 Å². The number of carbonyl (C=O) groups excluding carboxylic acids is 2. The van der Waals surface area contributed by atoms with Crippen molar-refractivity contribution in [2.45, 2.75) is 20.3 Å². The Kier molecular flexibility index (Phi) is 4.75. The van der Waals surface area contributed by atoms with Crippen molar-refractivity contribution in [2.75, 3.05) is 16.8 Å². The minimum atomic E-state index is -1.02. The number of amides is 2. The highest BCUT2D eigenvalue weighted by Gasteiger charge is 2.36. The van der Waals surface area contributed by atoms with E-state index in [1.54, 1.807) is 17.0 Å². The van der Waals surface area contributed by atoms with Crippen LogP contribution < -0.4 is 10.2 Å². The van der Waals surface area contributed by atoms with Gasteiger partial charge in [0.25, 0.3) is 0 Å². The third-order valence-corrected chi connectivity index (χ3v) is 4.60. The summed E-state index contributed by atoms with van der Waals surface area (Å²) < 4.78 is 0. The van der Waals surface area contributed by atoms with Gasteiger partial charge in [-0.2, -0.15) is 0 Å². The van der Waals surface area contributed by atoms with Crippen molar-refractivity contribution in [2.24, 2.45) is 5.92 Å². The summed E-state index contributed by atoms with van der Waals surface area (Å²) in [5.41, 5.74) is 3.55. The van der Waals surface area contributed by atoms with Crippen molar-refractivity contribution < 1.29 is 19.5 Å². The van der Waals surface area contributed by atoms with Gasteiger partial charge < -0.3 is 15.3 Å². The van der Waals surface area contributed by atoms with Crippen LogP contribution in [0.1, 0.15) is 27.9 Å². The van der Waals surface area contributed by atoms with Gasteiger partial charge in [-0.3, -0.25) is 9.59 Å². The zero-order valence-corrected chi connectivity index (χ0v) is 14.7. The number of rotatable bonds is 4. The number of anilines is 2. The van der Waals surface area contributed by atoms with Crippen molar-refractivity contribution in [1.29, 1.82) is 0 Å². The molecule has 2 N–H and O–H groups in total. The maximum Gasteiger partial charge on any atom is 0.335 e. The summed E-state index contributed by atoms with van der Waals surface area (Å²) in [5.74, 6) is -1.77. The van der Waals surface area contributed by atoms with E-state index in [0.717, 1.165) is 16.8 Å². The van der Waals surface area contributed by atoms with Crippen LogP contribution in [0.2, 0.25) is 0 Å². The molecule has 2 amide bonds. The second-order valence-electron chi connectivity index (χ2n) is 6.52. The highest BCUT2D eigenvalue weighted by atomic mass is 16.4. The quantitative estimate of drug-likeness (QED) is 0.886. The average molecular weight is 352 g/mol. The number of aromatic carboxylic acids is 1. The number of nitrogens with one attached hydrogen (secondary N) is 1. The number of carbonyl (C=O) groups is 3. The average Bonchev–Trinajstić information content (AvgIpc) is 2.97. The van der Waals surface area contributed by atoms with Crippen LogP contribution in [0.15, 0.2) is 42.5 Å². The molecule has 0 saturated carbocycles. The van der Waals surface area contributed by atoms with Crippen molar-refractivity contribution in [3.05, 3.63) is 59.2 Å². The number of para-hydroxylation sites is 1. The number of carboxylic acid groups (broad SMARTS) is 1. The Hall–Kier alpha value is -3.15. The maximum atomic E-state index is 12.5. The predicted molar refractivity (Wildman–Crippen MR) is 98.4 cm³/mol. The Balaban J connectivity index is 1.72. The minimum Gasteiger partial charge on any atom is -0.478 e. The van der Waals surface area contributed by atoms with E-state index >= 15 is 0 Å². The smallest absolute Gasteiger partial charge is 0.335 e. The number of benzene rings is 2. The van der Waals surface area contributed by atoms with Gasteiger partial charge in [-0.05, 0) is 49.2 Å². The third kappa shape index (κ3) is 3.44. The van der Waals surface area contributed by atoms with Gasteiger partial charge in [0, 0.05) is 24.3 Å². The van der Waals surface area contributed by atoms with E-state index in [4.69, 9.17) is 5.11 Å². The van der Waals surface area contributed by atoms with E-state index in [0.29, 0.717) is 12.2 Å². The SMILES string of the molecule is Cc1cccc(C)c1N1C[C@H](C(=O)Nc2ccc(C(=O)O)cc2)CC1=O. The molecule has 1 aliphatic heterocycles. The fraction of sp³-hybridized carbons (Fsp3) is 0.250. The van der Waals surface area contributed by atoms with Gasteiger partial charge in [-0.15, -0.1) is 0 Å². The minimum absolute atomic E-state index is 0.0659. The molecule has 2 aromatic rings. The summed E-state index contributed by atoms with van der Waals surface area (Å²) in [6, 6.07) is 11.8. The zero-order chi connectivity index (χ0) is 18.8. The van der Waals surface area contributed by atoms with Gasteiger partial charge in [-0.1, -0.05) is 18.2 Å². The standard InChI is InChI=1S/C20H20N2O4/c1-12-4-3-5-13(2)18(12)22-11-15(10-17(22)23)19(24)21-16-8-6-14(7-9-16)20(25)26/h3-9,15H,10-11H2,1-2H3,(H,21,24)(H,25,26)/t15-/m1/s1. The van der Waals surface area contributed by atoms with E-state index in [1.807, 2.05) is 32.0 Å². The van der Waals surface area contributed by atoms with Gasteiger partial charge in [0.05, 0.1) is 11.5 Å². The molecule has 26 heavy (non-hydrogen) atoms. The molecule has 3 rings (SSSR count). The van der Waals surface area contributed by atoms with Crippen LogP contribution in [0, 0.1) is 19.8 Å². The summed E-state index contributed by atoms with van der Waals surface area (Å²) in [5, 5.41) is 11.7. The molecule has 0 spiro atoms. The molecule has 0 bridgehead atoms. The third-order valence-electron chi connectivity index (χ3n) is 4.60. The fourth-order valence-corrected chi connectivity index (χ4v) is 3.27. The second kappa shape index (κ2) is 7.00. The summed E-state index contributed by atoms with van der Waals surface area (Å²) in [6.45, 7) is 4.24. The molecular formula is C20H20N2O4. The number of carboxylic acids is 1. The van der Waals surface area contributed by atoms with Crippen molar-refractivity contribution >= 4 is 29.2 Å². The number of hydrogen-bond acceptors (Lipinski definition) is 3. The number of hydrogen-bond donors (Lipinski definition) is 2. The molecule has 0 unspecified atom stereocenters. The van der Waals surface area contributed by atoms with E-state index in [1.165, 1.54) is 12.1 Å². The molecule has 1 saturated heterocycles. The van der Waals surface area contributed by atoms with E-state index in [9.17, 15) is 14.4 Å². The van der Waals surface area contributed by atoms with Gasteiger partial charge in [-0.25, -0.2) is 4.79 Å². The Morgan fingerprint density at radius 2 is 1.69 bits per heavy atom. The highest BCUT2D eigenvalue weighted by molar-refractivity contribution is 6.04. The van der Waals surface area contributed by atoms with Crippen LogP contribution in [0.4, 0.5) is 11.4 Å². The lowest BCUT2D eigenvalue weighted by atomic mass is 10.1. The molecule has 1 aliphatic rings.